The minimum Gasteiger partial charge on any atom is -0.457 e. The molecule has 8 aromatic carbocycles. The zero-order chi connectivity index (χ0) is 37.1. The minimum absolute atomic E-state index is 0.776. The smallest absolute Gasteiger partial charge is 0.131 e. The van der Waals surface area contributed by atoms with E-state index < -0.39 is 0 Å². The molecule has 0 fully saturated rings. The molecule has 55 heavy (non-hydrogen) atoms. The van der Waals surface area contributed by atoms with Crippen LogP contribution in [0.3, 0.4) is 0 Å². The van der Waals surface area contributed by atoms with E-state index in [1.165, 1.54) is 66.8 Å². The monoisotopic (exact) mass is 710 g/mol. The predicted octanol–water partition coefficient (Wildman–Crippen LogP) is 13.0. The first-order chi connectivity index (χ1) is 27.2. The quantitative estimate of drug-likeness (QED) is 0.109. The third kappa shape index (κ3) is 9.21. The largest absolute Gasteiger partial charge is 0.457 e. The molecule has 0 spiro atoms. The molecule has 0 aliphatic heterocycles. The highest BCUT2D eigenvalue weighted by molar-refractivity contribution is 5.56. The Kier molecular flexibility index (Phi) is 11.4. The zero-order valence-corrected chi connectivity index (χ0v) is 31.3. The Bertz CT molecular complexity index is 2230. The van der Waals surface area contributed by atoms with Gasteiger partial charge in [-0.3, -0.25) is 0 Å². The van der Waals surface area contributed by atoms with Gasteiger partial charge >= 0.3 is 0 Å². The molecule has 0 saturated heterocycles. The number of benzene rings is 8. The first-order valence-electron chi connectivity index (χ1n) is 19.4. The Morgan fingerprint density at radius 1 is 0.218 bits per heavy atom. The van der Waals surface area contributed by atoms with Gasteiger partial charge in [0.25, 0.3) is 0 Å². The van der Waals surface area contributed by atoms with Crippen LogP contribution < -0.4 is 4.74 Å². The van der Waals surface area contributed by atoms with Gasteiger partial charge in [-0.15, -0.1) is 0 Å². The van der Waals surface area contributed by atoms with Gasteiger partial charge in [-0.2, -0.15) is 0 Å². The van der Waals surface area contributed by atoms with Gasteiger partial charge < -0.3 is 4.74 Å². The highest BCUT2D eigenvalue weighted by Gasteiger charge is 2.21. The van der Waals surface area contributed by atoms with Gasteiger partial charge in [0.2, 0.25) is 0 Å². The molecule has 0 amide bonds. The molecular formula is C54H46O. The van der Waals surface area contributed by atoms with E-state index in [0.29, 0.717) is 0 Å². The van der Waals surface area contributed by atoms with Gasteiger partial charge in [-0.1, -0.05) is 194 Å². The van der Waals surface area contributed by atoms with E-state index in [4.69, 9.17) is 4.74 Å². The van der Waals surface area contributed by atoms with Crippen molar-refractivity contribution in [3.05, 3.63) is 273 Å². The summed E-state index contributed by atoms with van der Waals surface area (Å²) in [6, 6.07) is 74.1. The highest BCUT2D eigenvalue weighted by atomic mass is 16.5. The standard InChI is InChI=1S/C54H46O/c1-7-19-41(20-8-1)35-47-31-33-53(51(39-45-27-15-5-16-28-45)49(47)37-43-23-11-3-12-24-43)55-54-34-32-48(36-42-21-9-2-10-22-42)50(38-44-25-13-4-14-26-44)52(54)40-46-29-17-6-18-30-46/h1-34H,35-40H2. The molecule has 1 heteroatoms. The summed E-state index contributed by atoms with van der Waals surface area (Å²) in [7, 11) is 0. The summed E-state index contributed by atoms with van der Waals surface area (Å²) < 4.78 is 7.35. The van der Waals surface area contributed by atoms with Crippen LogP contribution in [0.15, 0.2) is 206 Å². The van der Waals surface area contributed by atoms with Crippen LogP contribution in [0.1, 0.15) is 66.8 Å². The molecule has 0 atom stereocenters. The number of hydrogen-bond donors (Lipinski definition) is 0. The van der Waals surface area contributed by atoms with E-state index in [1.54, 1.807) is 0 Å². The predicted molar refractivity (Wildman–Crippen MR) is 228 cm³/mol. The molecule has 0 aliphatic rings. The number of rotatable bonds is 14. The maximum Gasteiger partial charge on any atom is 0.131 e. The molecule has 268 valence electrons. The Labute approximate surface area is 326 Å². The summed E-state index contributed by atoms with van der Waals surface area (Å²) in [5.74, 6) is 1.84. The van der Waals surface area contributed by atoms with E-state index in [9.17, 15) is 0 Å². The van der Waals surface area contributed by atoms with Crippen molar-refractivity contribution < 1.29 is 4.74 Å². The fourth-order valence-corrected chi connectivity index (χ4v) is 7.74. The molecule has 0 heterocycles. The van der Waals surface area contributed by atoms with E-state index in [0.717, 1.165) is 50.0 Å². The second-order valence-electron chi connectivity index (χ2n) is 14.4. The van der Waals surface area contributed by atoms with Gasteiger partial charge in [0.15, 0.2) is 0 Å². The highest BCUT2D eigenvalue weighted by Crippen LogP contribution is 2.39. The van der Waals surface area contributed by atoms with E-state index in [2.05, 4.69) is 206 Å². The summed E-state index contributed by atoms with van der Waals surface area (Å²) in [6.07, 6.45) is 4.93. The fraction of sp³-hybridized carbons (Fsp3) is 0.111. The Morgan fingerprint density at radius 2 is 0.455 bits per heavy atom. The van der Waals surface area contributed by atoms with Crippen molar-refractivity contribution in [1.82, 2.24) is 0 Å². The summed E-state index contributed by atoms with van der Waals surface area (Å²) in [4.78, 5) is 0. The fourth-order valence-electron chi connectivity index (χ4n) is 7.74. The maximum atomic E-state index is 7.35. The summed E-state index contributed by atoms with van der Waals surface area (Å²) >= 11 is 0. The molecule has 8 aromatic rings. The second-order valence-corrected chi connectivity index (χ2v) is 14.4. The van der Waals surface area contributed by atoms with Gasteiger partial charge in [0.05, 0.1) is 0 Å². The van der Waals surface area contributed by atoms with Crippen molar-refractivity contribution in [1.29, 1.82) is 0 Å². The van der Waals surface area contributed by atoms with Crippen molar-refractivity contribution in [3.8, 4) is 11.5 Å². The van der Waals surface area contributed by atoms with Crippen LogP contribution in [-0.2, 0) is 38.5 Å². The van der Waals surface area contributed by atoms with Gasteiger partial charge in [-0.25, -0.2) is 0 Å². The molecular weight excluding hydrogens is 665 g/mol. The lowest BCUT2D eigenvalue weighted by Gasteiger charge is -2.23. The van der Waals surface area contributed by atoms with Gasteiger partial charge in [-0.05, 0) is 93.5 Å². The third-order valence-corrected chi connectivity index (χ3v) is 10.6. The normalized spacial score (nSPS) is 11.0. The van der Waals surface area contributed by atoms with Crippen LogP contribution in [0.4, 0.5) is 0 Å². The summed E-state index contributed by atoms with van der Waals surface area (Å²) in [6.45, 7) is 0. The topological polar surface area (TPSA) is 9.23 Å². The molecule has 0 bridgehead atoms. The van der Waals surface area contributed by atoms with Crippen molar-refractivity contribution >= 4 is 0 Å². The Morgan fingerprint density at radius 3 is 0.727 bits per heavy atom. The Hall–Kier alpha value is -6.44. The minimum atomic E-state index is 0.776. The number of hydrogen-bond acceptors (Lipinski definition) is 1. The van der Waals surface area contributed by atoms with Crippen molar-refractivity contribution in [2.24, 2.45) is 0 Å². The second kappa shape index (κ2) is 17.6. The molecule has 0 aromatic heterocycles. The van der Waals surface area contributed by atoms with Crippen LogP contribution in [0, 0.1) is 0 Å². The lowest BCUT2D eigenvalue weighted by molar-refractivity contribution is 0.470. The molecule has 8 rings (SSSR count). The lowest BCUT2D eigenvalue weighted by Crippen LogP contribution is -2.08. The maximum absolute atomic E-state index is 7.35. The Balaban J connectivity index is 1.30. The van der Waals surface area contributed by atoms with Gasteiger partial charge in [0.1, 0.15) is 11.5 Å². The zero-order valence-electron chi connectivity index (χ0n) is 31.3. The summed E-state index contributed by atoms with van der Waals surface area (Å²) in [5, 5.41) is 0. The van der Waals surface area contributed by atoms with Crippen LogP contribution in [0.25, 0.3) is 0 Å². The molecule has 0 N–H and O–H groups in total. The summed E-state index contributed by atoms with van der Waals surface area (Å²) in [5.41, 5.74) is 15.6. The SMILES string of the molecule is c1ccc(Cc2ccc(Oc3ccc(Cc4ccccc4)c(Cc4ccccc4)c3Cc3ccccc3)c(Cc3ccccc3)c2Cc2ccccc2)cc1. The van der Waals surface area contributed by atoms with Crippen LogP contribution in [0.5, 0.6) is 11.5 Å². The van der Waals surface area contributed by atoms with Crippen LogP contribution >= 0.6 is 0 Å². The molecule has 1 nitrogen and oxygen atoms in total. The van der Waals surface area contributed by atoms with Crippen LogP contribution in [0.2, 0.25) is 0 Å². The van der Waals surface area contributed by atoms with Crippen molar-refractivity contribution in [2.45, 2.75) is 38.5 Å². The van der Waals surface area contributed by atoms with E-state index in [1.807, 2.05) is 0 Å². The van der Waals surface area contributed by atoms with Crippen molar-refractivity contribution in [3.63, 3.8) is 0 Å². The van der Waals surface area contributed by atoms with E-state index in [-0.39, 0.29) is 0 Å². The third-order valence-electron chi connectivity index (χ3n) is 10.6. The molecule has 0 saturated carbocycles. The first-order valence-corrected chi connectivity index (χ1v) is 19.4. The average Bonchev–Trinajstić information content (AvgIpc) is 3.24. The lowest BCUT2D eigenvalue weighted by atomic mass is 9.87. The first kappa shape index (κ1) is 35.6. The molecule has 0 radical (unpaired) electrons. The van der Waals surface area contributed by atoms with E-state index >= 15 is 0 Å². The van der Waals surface area contributed by atoms with Crippen LogP contribution in [-0.4, -0.2) is 0 Å². The van der Waals surface area contributed by atoms with Gasteiger partial charge in [0, 0.05) is 24.0 Å². The number of ether oxygens (including phenoxy) is 1. The van der Waals surface area contributed by atoms with Crippen molar-refractivity contribution in [2.75, 3.05) is 0 Å². The average molecular weight is 711 g/mol. The molecule has 0 unspecified atom stereocenters. The molecule has 0 aliphatic carbocycles.